The average Bonchev–Trinajstić information content (AvgIpc) is 3.17. The van der Waals surface area contributed by atoms with E-state index in [2.05, 4.69) is 5.32 Å². The van der Waals surface area contributed by atoms with Crippen LogP contribution in [0.2, 0.25) is 0 Å². The quantitative estimate of drug-likeness (QED) is 0.860. The number of rotatable bonds is 6. The number of nitrogens with zero attached hydrogens (tertiary/aromatic N) is 1. The molecule has 2 aromatic rings. The van der Waals surface area contributed by atoms with Crippen molar-refractivity contribution in [2.45, 2.75) is 18.9 Å². The number of hydrogen-bond acceptors (Lipinski definition) is 4. The molecule has 0 aliphatic carbocycles. The molecule has 134 valence electrons. The molecule has 0 bridgehead atoms. The van der Waals surface area contributed by atoms with Crippen LogP contribution in [0, 0.1) is 0 Å². The third-order valence-corrected chi connectivity index (χ3v) is 4.13. The zero-order valence-corrected chi connectivity index (χ0v) is 14.3. The van der Waals surface area contributed by atoms with Crippen LogP contribution < -0.4 is 5.32 Å². The molecule has 1 N–H and O–H groups in total. The van der Waals surface area contributed by atoms with Crippen LogP contribution >= 0.6 is 0 Å². The average molecular weight is 352 g/mol. The summed E-state index contributed by atoms with van der Waals surface area (Å²) in [5.41, 5.74) is 1.35. The topological polar surface area (TPSA) is 75.7 Å². The lowest BCUT2D eigenvalue weighted by atomic mass is 10.1. The third kappa shape index (κ3) is 4.34. The highest BCUT2D eigenvalue weighted by Gasteiger charge is 2.36. The van der Waals surface area contributed by atoms with Crippen LogP contribution in [0.5, 0.6) is 0 Å². The van der Waals surface area contributed by atoms with E-state index in [0.717, 1.165) is 10.6 Å². The van der Waals surface area contributed by atoms with Gasteiger partial charge >= 0.3 is 0 Å². The largest absolute Gasteiger partial charge is 0.347 e. The second kappa shape index (κ2) is 8.40. The molecule has 6 heteroatoms. The first-order valence-electron chi connectivity index (χ1n) is 8.50. The molecule has 1 saturated heterocycles. The molecule has 0 saturated carbocycles. The van der Waals surface area contributed by atoms with E-state index in [1.54, 1.807) is 24.3 Å². The summed E-state index contributed by atoms with van der Waals surface area (Å²) in [7, 11) is 0. The standard InChI is InChI=1S/C20H20N2O4/c23-17(13-15-7-3-1-4-8-15)14-21-19(24)18-11-12-26-22(18)20(25)16-9-5-2-6-10-16/h1-10,18H,11-14H2,(H,21,24)/t18-/m0/s1. The number of carbonyl (C=O) groups is 3. The summed E-state index contributed by atoms with van der Waals surface area (Å²) >= 11 is 0. The van der Waals surface area contributed by atoms with Crippen molar-refractivity contribution in [3.05, 3.63) is 71.8 Å². The van der Waals surface area contributed by atoms with Gasteiger partial charge < -0.3 is 5.32 Å². The summed E-state index contributed by atoms with van der Waals surface area (Å²) in [5.74, 6) is -0.837. The van der Waals surface area contributed by atoms with Gasteiger partial charge in [-0.2, -0.15) is 0 Å². The van der Waals surface area contributed by atoms with Crippen LogP contribution in [0.3, 0.4) is 0 Å². The number of nitrogens with one attached hydrogen (secondary N) is 1. The van der Waals surface area contributed by atoms with Crippen molar-refractivity contribution >= 4 is 17.6 Å². The van der Waals surface area contributed by atoms with E-state index in [9.17, 15) is 14.4 Å². The Hall–Kier alpha value is -2.99. The molecule has 0 unspecified atom stereocenters. The van der Waals surface area contributed by atoms with Gasteiger partial charge in [-0.25, -0.2) is 5.06 Å². The van der Waals surface area contributed by atoms with Crippen LogP contribution in [-0.2, 0) is 20.8 Å². The van der Waals surface area contributed by atoms with Crippen LogP contribution in [0.4, 0.5) is 0 Å². The zero-order chi connectivity index (χ0) is 18.4. The van der Waals surface area contributed by atoms with E-state index in [4.69, 9.17) is 4.84 Å². The molecule has 1 aliphatic heterocycles. The van der Waals surface area contributed by atoms with Gasteiger partial charge in [-0.15, -0.1) is 0 Å². The van der Waals surface area contributed by atoms with Crippen molar-refractivity contribution in [1.82, 2.24) is 10.4 Å². The Bertz CT molecular complexity index is 777. The van der Waals surface area contributed by atoms with Gasteiger partial charge in [-0.1, -0.05) is 48.5 Å². The molecule has 1 atom stereocenters. The van der Waals surface area contributed by atoms with Crippen molar-refractivity contribution < 1.29 is 19.2 Å². The van der Waals surface area contributed by atoms with E-state index in [-0.39, 0.29) is 37.2 Å². The molecule has 26 heavy (non-hydrogen) atoms. The molecule has 3 rings (SSSR count). The molecule has 6 nitrogen and oxygen atoms in total. The van der Waals surface area contributed by atoms with Crippen molar-refractivity contribution in [2.75, 3.05) is 13.2 Å². The maximum absolute atomic E-state index is 12.5. The molecule has 1 fully saturated rings. The van der Waals surface area contributed by atoms with E-state index in [0.29, 0.717) is 12.0 Å². The molecule has 1 aliphatic rings. The minimum Gasteiger partial charge on any atom is -0.347 e. The van der Waals surface area contributed by atoms with Gasteiger partial charge in [0.1, 0.15) is 6.04 Å². The second-order valence-corrected chi connectivity index (χ2v) is 6.05. The molecule has 2 aromatic carbocycles. The predicted octanol–water partition coefficient (Wildman–Crippen LogP) is 1.76. The summed E-state index contributed by atoms with van der Waals surface area (Å²) < 4.78 is 0. The molecule has 1 heterocycles. The summed E-state index contributed by atoms with van der Waals surface area (Å²) in [6, 6.07) is 17.3. The normalized spacial score (nSPS) is 16.3. The monoisotopic (exact) mass is 352 g/mol. The lowest BCUT2D eigenvalue weighted by molar-refractivity contribution is -0.139. The summed E-state index contributed by atoms with van der Waals surface area (Å²) in [6.07, 6.45) is 0.659. The minimum atomic E-state index is -0.729. The maximum Gasteiger partial charge on any atom is 0.278 e. The first kappa shape index (κ1) is 17.8. The highest BCUT2D eigenvalue weighted by Crippen LogP contribution is 2.18. The Morgan fingerprint density at radius 3 is 2.35 bits per heavy atom. The number of benzene rings is 2. The van der Waals surface area contributed by atoms with Gasteiger partial charge in [-0.05, 0) is 17.7 Å². The van der Waals surface area contributed by atoms with Crippen molar-refractivity contribution in [3.63, 3.8) is 0 Å². The molecule has 0 aromatic heterocycles. The highest BCUT2D eigenvalue weighted by molar-refractivity contribution is 5.97. The first-order chi connectivity index (χ1) is 12.6. The lowest BCUT2D eigenvalue weighted by Crippen LogP contribution is -2.46. The van der Waals surface area contributed by atoms with Gasteiger partial charge in [0.2, 0.25) is 5.91 Å². The molecular weight excluding hydrogens is 332 g/mol. The van der Waals surface area contributed by atoms with E-state index in [1.165, 1.54) is 0 Å². The fourth-order valence-corrected chi connectivity index (χ4v) is 2.81. The lowest BCUT2D eigenvalue weighted by Gasteiger charge is -2.21. The van der Waals surface area contributed by atoms with Gasteiger partial charge in [0.05, 0.1) is 13.2 Å². The number of ketones is 1. The summed E-state index contributed by atoms with van der Waals surface area (Å²) in [5, 5.41) is 3.72. The SMILES string of the molecule is O=C(CNC(=O)[C@@H]1CCON1C(=O)c1ccccc1)Cc1ccccc1. The second-order valence-electron chi connectivity index (χ2n) is 6.05. The van der Waals surface area contributed by atoms with E-state index < -0.39 is 6.04 Å². The molecule has 0 radical (unpaired) electrons. The fourth-order valence-electron chi connectivity index (χ4n) is 2.81. The molecule has 0 spiro atoms. The Balaban J connectivity index is 1.55. The maximum atomic E-state index is 12.5. The highest BCUT2D eigenvalue weighted by atomic mass is 16.7. The van der Waals surface area contributed by atoms with Gasteiger partial charge in [0, 0.05) is 18.4 Å². The van der Waals surface area contributed by atoms with Crippen molar-refractivity contribution in [1.29, 1.82) is 0 Å². The van der Waals surface area contributed by atoms with Crippen LogP contribution in [-0.4, -0.2) is 41.9 Å². The van der Waals surface area contributed by atoms with Gasteiger partial charge in [-0.3, -0.25) is 19.2 Å². The van der Waals surface area contributed by atoms with Crippen molar-refractivity contribution in [3.8, 4) is 0 Å². The number of Topliss-reactive ketones (excluding diaryl/α,β-unsaturated/α-hetero) is 1. The van der Waals surface area contributed by atoms with Crippen molar-refractivity contribution in [2.24, 2.45) is 0 Å². The zero-order valence-electron chi connectivity index (χ0n) is 14.3. The predicted molar refractivity (Wildman–Crippen MR) is 95.1 cm³/mol. The Labute approximate surface area is 151 Å². The van der Waals surface area contributed by atoms with E-state index >= 15 is 0 Å². The number of hydrogen-bond donors (Lipinski definition) is 1. The number of amides is 2. The fraction of sp³-hybridized carbons (Fsp3) is 0.250. The number of hydroxylamine groups is 2. The molecule has 2 amide bonds. The summed E-state index contributed by atoms with van der Waals surface area (Å²) in [4.78, 5) is 42.3. The van der Waals surface area contributed by atoms with Gasteiger partial charge in [0.25, 0.3) is 5.91 Å². The first-order valence-corrected chi connectivity index (χ1v) is 8.50. The Morgan fingerprint density at radius 2 is 1.65 bits per heavy atom. The van der Waals surface area contributed by atoms with Gasteiger partial charge in [0.15, 0.2) is 5.78 Å². The Morgan fingerprint density at radius 1 is 1.00 bits per heavy atom. The number of carbonyl (C=O) groups excluding carboxylic acids is 3. The summed E-state index contributed by atoms with van der Waals surface area (Å²) in [6.45, 7) is 0.215. The Kier molecular flexibility index (Phi) is 5.76. The van der Waals surface area contributed by atoms with Crippen LogP contribution in [0.1, 0.15) is 22.3 Å². The van der Waals surface area contributed by atoms with E-state index in [1.807, 2.05) is 36.4 Å². The third-order valence-electron chi connectivity index (χ3n) is 4.13. The molecular formula is C20H20N2O4. The smallest absolute Gasteiger partial charge is 0.278 e. The van der Waals surface area contributed by atoms with Crippen LogP contribution in [0.15, 0.2) is 60.7 Å². The van der Waals surface area contributed by atoms with Crippen LogP contribution in [0.25, 0.3) is 0 Å². The minimum absolute atomic E-state index is 0.0718.